The standard InChI is InChI=1S/C11H18O/c1-8-5-6-10(7-8)11(3,4)9(2)12/h5,10H,6-7H2,1-4H3/t10-/m1/s1. The van der Waals surface area contributed by atoms with Crippen molar-refractivity contribution in [3.63, 3.8) is 0 Å². The minimum absolute atomic E-state index is 0.131. The molecule has 1 heteroatoms. The molecule has 0 aromatic carbocycles. The molecule has 12 heavy (non-hydrogen) atoms. The molecule has 0 aromatic rings. The number of carbonyl (C=O) groups excluding carboxylic acids is 1. The maximum absolute atomic E-state index is 11.3. The second-order valence-corrected chi connectivity index (χ2v) is 4.47. The van der Waals surface area contributed by atoms with E-state index in [-0.39, 0.29) is 5.41 Å². The second-order valence-electron chi connectivity index (χ2n) is 4.47. The van der Waals surface area contributed by atoms with Gasteiger partial charge in [0.05, 0.1) is 0 Å². The summed E-state index contributed by atoms with van der Waals surface area (Å²) in [7, 11) is 0. The van der Waals surface area contributed by atoms with E-state index in [0.29, 0.717) is 11.7 Å². The van der Waals surface area contributed by atoms with E-state index in [1.807, 2.05) is 0 Å². The number of rotatable bonds is 2. The Kier molecular flexibility index (Phi) is 2.41. The molecule has 0 amide bonds. The van der Waals surface area contributed by atoms with E-state index < -0.39 is 0 Å². The molecular formula is C11H18O. The molecule has 0 saturated carbocycles. The van der Waals surface area contributed by atoms with Crippen LogP contribution in [0.3, 0.4) is 0 Å². The number of Topliss-reactive ketones (excluding diaryl/α,β-unsaturated/α-hetero) is 1. The van der Waals surface area contributed by atoms with Gasteiger partial charge < -0.3 is 0 Å². The molecule has 1 aliphatic rings. The van der Waals surface area contributed by atoms with Crippen molar-refractivity contribution in [2.75, 3.05) is 0 Å². The van der Waals surface area contributed by atoms with Gasteiger partial charge in [0.25, 0.3) is 0 Å². The van der Waals surface area contributed by atoms with E-state index in [9.17, 15) is 4.79 Å². The van der Waals surface area contributed by atoms with Crippen molar-refractivity contribution in [2.45, 2.75) is 40.5 Å². The van der Waals surface area contributed by atoms with Crippen LogP contribution in [0.5, 0.6) is 0 Å². The van der Waals surface area contributed by atoms with Gasteiger partial charge in [-0.05, 0) is 32.6 Å². The summed E-state index contributed by atoms with van der Waals surface area (Å²) in [6.45, 7) is 7.97. The maximum Gasteiger partial charge on any atom is 0.135 e. The molecule has 0 aromatic heterocycles. The largest absolute Gasteiger partial charge is 0.299 e. The SMILES string of the molecule is CC(=O)C(C)(C)[C@@H]1CC=C(C)C1. The van der Waals surface area contributed by atoms with Crippen molar-refractivity contribution in [1.82, 2.24) is 0 Å². The summed E-state index contributed by atoms with van der Waals surface area (Å²) in [5, 5.41) is 0. The molecule has 0 N–H and O–H groups in total. The molecule has 1 nitrogen and oxygen atoms in total. The summed E-state index contributed by atoms with van der Waals surface area (Å²) >= 11 is 0. The van der Waals surface area contributed by atoms with Gasteiger partial charge in [-0.1, -0.05) is 25.5 Å². The molecule has 1 aliphatic carbocycles. The van der Waals surface area contributed by atoms with Crippen molar-refractivity contribution in [3.8, 4) is 0 Å². The quantitative estimate of drug-likeness (QED) is 0.576. The first-order chi connectivity index (χ1) is 5.44. The summed E-state index contributed by atoms with van der Waals surface area (Å²) in [6.07, 6.45) is 4.44. The Balaban J connectivity index is 2.67. The van der Waals surface area contributed by atoms with Gasteiger partial charge in [-0.3, -0.25) is 4.79 Å². The fourth-order valence-corrected chi connectivity index (χ4v) is 1.74. The molecule has 0 spiro atoms. The predicted molar refractivity (Wildman–Crippen MR) is 50.9 cm³/mol. The van der Waals surface area contributed by atoms with Crippen LogP contribution in [0.1, 0.15) is 40.5 Å². The first kappa shape index (κ1) is 9.50. The zero-order valence-corrected chi connectivity index (χ0v) is 8.48. The molecule has 0 fully saturated rings. The third-order valence-electron chi connectivity index (χ3n) is 3.25. The topological polar surface area (TPSA) is 17.1 Å². The molecule has 0 radical (unpaired) electrons. The fourth-order valence-electron chi connectivity index (χ4n) is 1.74. The Morgan fingerprint density at radius 2 is 2.17 bits per heavy atom. The maximum atomic E-state index is 11.3. The van der Waals surface area contributed by atoms with Crippen LogP contribution in [0.4, 0.5) is 0 Å². The van der Waals surface area contributed by atoms with Crippen LogP contribution in [0, 0.1) is 11.3 Å². The van der Waals surface area contributed by atoms with Gasteiger partial charge in [0, 0.05) is 5.41 Å². The Hall–Kier alpha value is -0.590. The second kappa shape index (κ2) is 3.04. The summed E-state index contributed by atoms with van der Waals surface area (Å²) in [4.78, 5) is 11.3. The van der Waals surface area contributed by atoms with E-state index in [1.165, 1.54) is 5.57 Å². The summed E-state index contributed by atoms with van der Waals surface area (Å²) < 4.78 is 0. The van der Waals surface area contributed by atoms with Gasteiger partial charge in [0.1, 0.15) is 5.78 Å². The van der Waals surface area contributed by atoms with Crippen molar-refractivity contribution in [1.29, 1.82) is 0 Å². The first-order valence-corrected chi connectivity index (χ1v) is 4.61. The lowest BCUT2D eigenvalue weighted by atomic mass is 9.74. The number of hydrogen-bond donors (Lipinski definition) is 0. The fraction of sp³-hybridized carbons (Fsp3) is 0.727. The lowest BCUT2D eigenvalue weighted by molar-refractivity contribution is -0.127. The van der Waals surface area contributed by atoms with E-state index in [2.05, 4.69) is 26.8 Å². The highest BCUT2D eigenvalue weighted by atomic mass is 16.1. The molecular weight excluding hydrogens is 148 g/mol. The highest BCUT2D eigenvalue weighted by Gasteiger charge is 2.35. The van der Waals surface area contributed by atoms with Gasteiger partial charge in [-0.2, -0.15) is 0 Å². The smallest absolute Gasteiger partial charge is 0.135 e. The molecule has 1 atom stereocenters. The zero-order chi connectivity index (χ0) is 9.35. The minimum atomic E-state index is -0.131. The van der Waals surface area contributed by atoms with E-state index in [0.717, 1.165) is 12.8 Å². The Morgan fingerprint density at radius 1 is 1.58 bits per heavy atom. The van der Waals surface area contributed by atoms with Crippen LogP contribution in [0.15, 0.2) is 11.6 Å². The molecule has 1 rings (SSSR count). The Morgan fingerprint density at radius 3 is 2.50 bits per heavy atom. The van der Waals surface area contributed by atoms with Crippen LogP contribution in [-0.4, -0.2) is 5.78 Å². The molecule has 0 unspecified atom stereocenters. The van der Waals surface area contributed by atoms with Crippen LogP contribution in [-0.2, 0) is 4.79 Å². The molecule has 0 heterocycles. The van der Waals surface area contributed by atoms with Crippen LogP contribution < -0.4 is 0 Å². The average molecular weight is 166 g/mol. The van der Waals surface area contributed by atoms with Gasteiger partial charge in [-0.25, -0.2) is 0 Å². The van der Waals surface area contributed by atoms with Crippen LogP contribution in [0.2, 0.25) is 0 Å². The van der Waals surface area contributed by atoms with Crippen molar-refractivity contribution < 1.29 is 4.79 Å². The third-order valence-corrected chi connectivity index (χ3v) is 3.25. The first-order valence-electron chi connectivity index (χ1n) is 4.61. The van der Waals surface area contributed by atoms with E-state index in [1.54, 1.807) is 6.92 Å². The average Bonchev–Trinajstić information content (AvgIpc) is 2.35. The Bertz CT molecular complexity index is 223. The van der Waals surface area contributed by atoms with Crippen LogP contribution in [0.25, 0.3) is 0 Å². The highest BCUT2D eigenvalue weighted by Crippen LogP contribution is 2.39. The van der Waals surface area contributed by atoms with Crippen molar-refractivity contribution >= 4 is 5.78 Å². The van der Waals surface area contributed by atoms with E-state index >= 15 is 0 Å². The summed E-state index contributed by atoms with van der Waals surface area (Å²) in [5.41, 5.74) is 1.31. The summed E-state index contributed by atoms with van der Waals surface area (Å²) in [6, 6.07) is 0. The monoisotopic (exact) mass is 166 g/mol. The van der Waals surface area contributed by atoms with Gasteiger partial charge in [0.2, 0.25) is 0 Å². The van der Waals surface area contributed by atoms with Crippen molar-refractivity contribution in [2.24, 2.45) is 11.3 Å². The predicted octanol–water partition coefficient (Wildman–Crippen LogP) is 2.96. The third kappa shape index (κ3) is 1.60. The van der Waals surface area contributed by atoms with Gasteiger partial charge in [-0.15, -0.1) is 0 Å². The molecule has 0 bridgehead atoms. The van der Waals surface area contributed by atoms with Crippen LogP contribution >= 0.6 is 0 Å². The van der Waals surface area contributed by atoms with Gasteiger partial charge in [0.15, 0.2) is 0 Å². The van der Waals surface area contributed by atoms with Crippen molar-refractivity contribution in [3.05, 3.63) is 11.6 Å². The van der Waals surface area contributed by atoms with Gasteiger partial charge >= 0.3 is 0 Å². The zero-order valence-electron chi connectivity index (χ0n) is 8.48. The molecule has 68 valence electrons. The van der Waals surface area contributed by atoms with E-state index in [4.69, 9.17) is 0 Å². The number of ketones is 1. The number of hydrogen-bond acceptors (Lipinski definition) is 1. The summed E-state index contributed by atoms with van der Waals surface area (Å²) in [5.74, 6) is 0.852. The normalized spacial score (nSPS) is 24.0. The minimum Gasteiger partial charge on any atom is -0.299 e. The highest BCUT2D eigenvalue weighted by molar-refractivity contribution is 5.82. The number of allylic oxidation sites excluding steroid dienone is 2. The lowest BCUT2D eigenvalue weighted by Crippen LogP contribution is -2.29. The molecule has 0 saturated heterocycles. The lowest BCUT2D eigenvalue weighted by Gasteiger charge is -2.28. The number of carbonyl (C=O) groups is 1. The molecule has 0 aliphatic heterocycles. The Labute approximate surface area is 74.9 Å².